The molecule has 0 heterocycles. The van der Waals surface area contributed by atoms with E-state index in [2.05, 4.69) is 18.8 Å². The van der Waals surface area contributed by atoms with E-state index in [0.29, 0.717) is 23.8 Å². The molecule has 0 aromatic heterocycles. The highest BCUT2D eigenvalue weighted by Crippen LogP contribution is 2.16. The molecule has 1 unspecified atom stereocenters. The number of ether oxygens (including phenoxy) is 1. The summed E-state index contributed by atoms with van der Waals surface area (Å²) in [6.07, 6.45) is 4.03. The molecule has 3 heteroatoms. The molecular formula is C15H22FNO. The van der Waals surface area contributed by atoms with E-state index >= 15 is 0 Å². The van der Waals surface area contributed by atoms with Crippen LogP contribution < -0.4 is 10.1 Å². The predicted octanol–water partition coefficient (Wildman–Crippen LogP) is 3.53. The summed E-state index contributed by atoms with van der Waals surface area (Å²) >= 11 is 0. The standard InChI is InChI=1S/C15H22FNO/c1-4-5-12(2)8-9-17-11-13-10-14(18-3)6-7-15(13)16/h4,6-7,10,12,17H,1,5,8-9,11H2,2-3H3. The Hall–Kier alpha value is -1.35. The zero-order valence-corrected chi connectivity index (χ0v) is 11.2. The van der Waals surface area contributed by atoms with Crippen molar-refractivity contribution in [3.63, 3.8) is 0 Å². The van der Waals surface area contributed by atoms with Gasteiger partial charge in [-0.3, -0.25) is 0 Å². The fraction of sp³-hybridized carbons (Fsp3) is 0.467. The normalized spacial score (nSPS) is 12.2. The second-order valence-electron chi connectivity index (χ2n) is 4.55. The van der Waals surface area contributed by atoms with Gasteiger partial charge in [0.1, 0.15) is 11.6 Å². The fourth-order valence-corrected chi connectivity index (χ4v) is 1.79. The van der Waals surface area contributed by atoms with Gasteiger partial charge in [0.05, 0.1) is 7.11 Å². The Bertz CT molecular complexity index is 379. The highest BCUT2D eigenvalue weighted by molar-refractivity contribution is 5.29. The molecule has 1 rings (SSSR count). The van der Waals surface area contributed by atoms with Crippen molar-refractivity contribution in [3.05, 3.63) is 42.2 Å². The molecule has 2 nitrogen and oxygen atoms in total. The third-order valence-corrected chi connectivity index (χ3v) is 2.95. The summed E-state index contributed by atoms with van der Waals surface area (Å²) in [7, 11) is 1.58. The minimum absolute atomic E-state index is 0.192. The third-order valence-electron chi connectivity index (χ3n) is 2.95. The first kappa shape index (κ1) is 14.7. The van der Waals surface area contributed by atoms with E-state index in [4.69, 9.17) is 4.74 Å². The average molecular weight is 251 g/mol. The first-order valence-corrected chi connectivity index (χ1v) is 6.31. The first-order chi connectivity index (χ1) is 8.67. The van der Waals surface area contributed by atoms with Gasteiger partial charge in [0, 0.05) is 12.1 Å². The third kappa shape index (κ3) is 4.88. The zero-order chi connectivity index (χ0) is 13.4. The number of hydrogen-bond donors (Lipinski definition) is 1. The van der Waals surface area contributed by atoms with E-state index in [1.54, 1.807) is 19.2 Å². The van der Waals surface area contributed by atoms with Crippen LogP contribution in [0.5, 0.6) is 5.75 Å². The van der Waals surface area contributed by atoms with Crippen molar-refractivity contribution in [2.24, 2.45) is 5.92 Å². The minimum atomic E-state index is -0.192. The largest absolute Gasteiger partial charge is 0.497 e. The second kappa shape index (κ2) is 7.88. The SMILES string of the molecule is C=CCC(C)CCNCc1cc(OC)ccc1F. The Balaban J connectivity index is 2.36. The first-order valence-electron chi connectivity index (χ1n) is 6.31. The number of halogens is 1. The highest BCUT2D eigenvalue weighted by atomic mass is 19.1. The Morgan fingerprint density at radius 1 is 1.50 bits per heavy atom. The van der Waals surface area contributed by atoms with Gasteiger partial charge in [0.25, 0.3) is 0 Å². The van der Waals surface area contributed by atoms with E-state index in [9.17, 15) is 4.39 Å². The van der Waals surface area contributed by atoms with Crippen LogP contribution in [0.1, 0.15) is 25.3 Å². The Morgan fingerprint density at radius 2 is 2.28 bits per heavy atom. The Kier molecular flexibility index (Phi) is 6.44. The zero-order valence-electron chi connectivity index (χ0n) is 11.2. The fourth-order valence-electron chi connectivity index (χ4n) is 1.79. The van der Waals surface area contributed by atoms with Crippen molar-refractivity contribution in [2.45, 2.75) is 26.3 Å². The quantitative estimate of drug-likeness (QED) is 0.564. The molecule has 0 fully saturated rings. The van der Waals surface area contributed by atoms with Crippen molar-refractivity contribution in [1.82, 2.24) is 5.32 Å². The molecule has 0 aliphatic heterocycles. The molecule has 0 amide bonds. The monoisotopic (exact) mass is 251 g/mol. The topological polar surface area (TPSA) is 21.3 Å². The van der Waals surface area contributed by atoms with Crippen molar-refractivity contribution >= 4 is 0 Å². The molecule has 0 radical (unpaired) electrons. The molecule has 0 aliphatic carbocycles. The number of hydrogen-bond acceptors (Lipinski definition) is 2. The van der Waals surface area contributed by atoms with Gasteiger partial charge in [-0.05, 0) is 43.5 Å². The Morgan fingerprint density at radius 3 is 2.94 bits per heavy atom. The van der Waals surface area contributed by atoms with Crippen molar-refractivity contribution in [3.8, 4) is 5.75 Å². The Labute approximate surface area is 109 Å². The molecule has 100 valence electrons. The van der Waals surface area contributed by atoms with Gasteiger partial charge in [0.15, 0.2) is 0 Å². The summed E-state index contributed by atoms with van der Waals surface area (Å²) in [6, 6.07) is 4.80. The molecule has 0 aliphatic rings. The molecule has 0 saturated carbocycles. The van der Waals surface area contributed by atoms with Crippen LogP contribution in [0.4, 0.5) is 4.39 Å². The number of nitrogens with one attached hydrogen (secondary N) is 1. The van der Waals surface area contributed by atoms with E-state index in [1.807, 2.05) is 6.08 Å². The van der Waals surface area contributed by atoms with Crippen LogP contribution in [0.15, 0.2) is 30.9 Å². The second-order valence-corrected chi connectivity index (χ2v) is 4.55. The van der Waals surface area contributed by atoms with Gasteiger partial charge >= 0.3 is 0 Å². The molecule has 0 spiro atoms. The molecule has 18 heavy (non-hydrogen) atoms. The van der Waals surface area contributed by atoms with Crippen molar-refractivity contribution in [1.29, 1.82) is 0 Å². The lowest BCUT2D eigenvalue weighted by Gasteiger charge is -2.10. The maximum absolute atomic E-state index is 13.5. The maximum atomic E-state index is 13.5. The van der Waals surface area contributed by atoms with Gasteiger partial charge in [-0.15, -0.1) is 6.58 Å². The van der Waals surface area contributed by atoms with Crippen LogP contribution in [0.25, 0.3) is 0 Å². The molecule has 1 aromatic carbocycles. The number of rotatable bonds is 8. The molecule has 1 N–H and O–H groups in total. The maximum Gasteiger partial charge on any atom is 0.127 e. The van der Waals surface area contributed by atoms with Gasteiger partial charge in [-0.25, -0.2) is 4.39 Å². The molecule has 1 atom stereocenters. The number of benzene rings is 1. The summed E-state index contributed by atoms with van der Waals surface area (Å²) in [6.45, 7) is 7.33. The van der Waals surface area contributed by atoms with Crippen LogP contribution in [0, 0.1) is 11.7 Å². The number of allylic oxidation sites excluding steroid dienone is 1. The van der Waals surface area contributed by atoms with Crippen LogP contribution in [-0.4, -0.2) is 13.7 Å². The highest BCUT2D eigenvalue weighted by Gasteiger charge is 2.04. The van der Waals surface area contributed by atoms with Crippen LogP contribution >= 0.6 is 0 Å². The van der Waals surface area contributed by atoms with E-state index in [1.165, 1.54) is 6.07 Å². The molecule has 0 bridgehead atoms. The average Bonchev–Trinajstić information content (AvgIpc) is 2.37. The summed E-state index contributed by atoms with van der Waals surface area (Å²) in [5.41, 5.74) is 0.644. The van der Waals surface area contributed by atoms with Crippen molar-refractivity contribution in [2.75, 3.05) is 13.7 Å². The lowest BCUT2D eigenvalue weighted by Crippen LogP contribution is -2.17. The smallest absolute Gasteiger partial charge is 0.127 e. The molecule has 1 aromatic rings. The molecular weight excluding hydrogens is 229 g/mol. The summed E-state index contributed by atoms with van der Waals surface area (Å²) in [5.74, 6) is 1.11. The van der Waals surface area contributed by atoms with Crippen LogP contribution in [-0.2, 0) is 6.54 Å². The predicted molar refractivity (Wildman–Crippen MR) is 73.3 cm³/mol. The van der Waals surface area contributed by atoms with Crippen LogP contribution in [0.3, 0.4) is 0 Å². The van der Waals surface area contributed by atoms with E-state index in [-0.39, 0.29) is 5.82 Å². The summed E-state index contributed by atoms with van der Waals surface area (Å²) in [5, 5.41) is 3.25. The van der Waals surface area contributed by atoms with E-state index < -0.39 is 0 Å². The van der Waals surface area contributed by atoms with Gasteiger partial charge < -0.3 is 10.1 Å². The summed E-state index contributed by atoms with van der Waals surface area (Å²) < 4.78 is 18.6. The van der Waals surface area contributed by atoms with Gasteiger partial charge in [-0.2, -0.15) is 0 Å². The lowest BCUT2D eigenvalue weighted by molar-refractivity contribution is 0.412. The van der Waals surface area contributed by atoms with Gasteiger partial charge in [-0.1, -0.05) is 13.0 Å². The van der Waals surface area contributed by atoms with Gasteiger partial charge in [0.2, 0.25) is 0 Å². The summed E-state index contributed by atoms with van der Waals surface area (Å²) in [4.78, 5) is 0. The van der Waals surface area contributed by atoms with Crippen molar-refractivity contribution < 1.29 is 9.13 Å². The van der Waals surface area contributed by atoms with Crippen LogP contribution in [0.2, 0.25) is 0 Å². The lowest BCUT2D eigenvalue weighted by atomic mass is 10.0. The molecule has 0 saturated heterocycles. The van der Waals surface area contributed by atoms with E-state index in [0.717, 1.165) is 19.4 Å². The number of methoxy groups -OCH3 is 1. The minimum Gasteiger partial charge on any atom is -0.497 e.